The van der Waals surface area contributed by atoms with E-state index in [9.17, 15) is 9.59 Å². The van der Waals surface area contributed by atoms with E-state index in [1.54, 1.807) is 12.1 Å². The minimum Gasteiger partial charge on any atom is -0.478 e. The molecular formula is C14H11BrN4O3. The van der Waals surface area contributed by atoms with E-state index in [0.29, 0.717) is 11.4 Å². The lowest BCUT2D eigenvalue weighted by atomic mass is 10.1. The summed E-state index contributed by atoms with van der Waals surface area (Å²) < 4.78 is 0.251. The summed E-state index contributed by atoms with van der Waals surface area (Å²) in [5.41, 5.74) is 3.77. The second-order valence-electron chi connectivity index (χ2n) is 4.07. The molecule has 0 fully saturated rings. The molecule has 0 amide bonds. The lowest BCUT2D eigenvalue weighted by molar-refractivity contribution is -0.131. The Kier molecular flexibility index (Phi) is 5.21. The maximum absolute atomic E-state index is 11.4. The second kappa shape index (κ2) is 7.32. The number of carboxylic acid groups (broad SMARTS) is 1. The van der Waals surface area contributed by atoms with Gasteiger partial charge >= 0.3 is 5.97 Å². The topological polar surface area (TPSA) is 107 Å². The van der Waals surface area contributed by atoms with Gasteiger partial charge in [0.2, 0.25) is 0 Å². The van der Waals surface area contributed by atoms with Crippen LogP contribution in [0.25, 0.3) is 0 Å². The number of anilines is 1. The van der Waals surface area contributed by atoms with Crippen molar-refractivity contribution in [2.75, 3.05) is 5.43 Å². The average Bonchev–Trinajstić information content (AvgIpc) is 2.52. The predicted molar refractivity (Wildman–Crippen MR) is 85.9 cm³/mol. The first-order valence-corrected chi connectivity index (χ1v) is 6.90. The van der Waals surface area contributed by atoms with Gasteiger partial charge in [0.1, 0.15) is 4.47 Å². The number of rotatable bonds is 5. The number of hydrogen-bond donors (Lipinski definition) is 3. The highest BCUT2D eigenvalue weighted by Crippen LogP contribution is 2.15. The number of hydrazone groups is 1. The molecule has 0 saturated carbocycles. The van der Waals surface area contributed by atoms with Crippen molar-refractivity contribution in [3.8, 4) is 0 Å². The number of nitrogens with zero attached hydrogens (tertiary/aromatic N) is 2. The fourth-order valence-corrected chi connectivity index (χ4v) is 1.82. The zero-order chi connectivity index (χ0) is 15.9. The minimum atomic E-state index is -1.08. The smallest absolute Gasteiger partial charge is 0.328 e. The van der Waals surface area contributed by atoms with Crippen molar-refractivity contribution >= 4 is 33.3 Å². The van der Waals surface area contributed by atoms with Gasteiger partial charge in [-0.2, -0.15) is 10.2 Å². The van der Waals surface area contributed by atoms with Gasteiger partial charge in [-0.05, 0) is 22.0 Å². The Morgan fingerprint density at radius 3 is 2.73 bits per heavy atom. The molecule has 3 N–H and O–H groups in total. The summed E-state index contributed by atoms with van der Waals surface area (Å²) in [6, 6.07) is 9.04. The van der Waals surface area contributed by atoms with E-state index in [-0.39, 0.29) is 4.47 Å². The Labute approximate surface area is 133 Å². The van der Waals surface area contributed by atoms with Crippen LogP contribution < -0.4 is 11.0 Å². The molecule has 0 bridgehead atoms. The summed E-state index contributed by atoms with van der Waals surface area (Å²) >= 11 is 3.12. The number of carboxylic acids is 1. The lowest BCUT2D eigenvalue weighted by Gasteiger charge is -2.05. The number of aliphatic carboxylic acids is 1. The Hall–Kier alpha value is -2.74. The Morgan fingerprint density at radius 1 is 1.32 bits per heavy atom. The molecule has 0 aliphatic carbocycles. The van der Waals surface area contributed by atoms with Crippen LogP contribution in [0.5, 0.6) is 0 Å². The Morgan fingerprint density at radius 2 is 2.05 bits per heavy atom. The van der Waals surface area contributed by atoms with Crippen molar-refractivity contribution < 1.29 is 9.90 Å². The monoisotopic (exact) mass is 362 g/mol. The summed E-state index contributed by atoms with van der Waals surface area (Å²) in [5, 5.41) is 18.8. The molecule has 0 aliphatic rings. The zero-order valence-corrected chi connectivity index (χ0v) is 12.7. The molecule has 1 heterocycles. The molecular weight excluding hydrogens is 352 g/mol. The van der Waals surface area contributed by atoms with Gasteiger partial charge in [0.25, 0.3) is 5.56 Å². The van der Waals surface area contributed by atoms with E-state index in [2.05, 4.69) is 36.7 Å². The largest absolute Gasteiger partial charge is 0.478 e. The van der Waals surface area contributed by atoms with Crippen molar-refractivity contribution in [2.24, 2.45) is 5.10 Å². The highest BCUT2D eigenvalue weighted by molar-refractivity contribution is 9.10. The van der Waals surface area contributed by atoms with E-state index < -0.39 is 11.5 Å². The molecule has 2 aromatic rings. The van der Waals surface area contributed by atoms with Gasteiger partial charge in [-0.15, -0.1) is 0 Å². The molecule has 7 nitrogen and oxygen atoms in total. The van der Waals surface area contributed by atoms with Gasteiger partial charge in [-0.25, -0.2) is 9.89 Å². The summed E-state index contributed by atoms with van der Waals surface area (Å²) in [6.45, 7) is 0. The van der Waals surface area contributed by atoms with E-state index in [4.69, 9.17) is 5.11 Å². The number of carbonyl (C=O) groups is 1. The summed E-state index contributed by atoms with van der Waals surface area (Å²) in [4.78, 5) is 22.1. The van der Waals surface area contributed by atoms with Crippen LogP contribution in [0, 0.1) is 0 Å². The summed E-state index contributed by atoms with van der Waals surface area (Å²) in [6.07, 6.45) is 3.73. The SMILES string of the molecule is O=C(O)/C=C/C(=N/Nc1cn[nH]c(=O)c1Br)c1ccccc1. The fourth-order valence-electron chi connectivity index (χ4n) is 1.54. The molecule has 1 aromatic carbocycles. The molecule has 0 atom stereocenters. The minimum absolute atomic E-state index is 0.251. The molecule has 0 spiro atoms. The molecule has 1 aromatic heterocycles. The second-order valence-corrected chi connectivity index (χ2v) is 4.87. The molecule has 0 unspecified atom stereocenters. The lowest BCUT2D eigenvalue weighted by Crippen LogP contribution is -2.11. The van der Waals surface area contributed by atoms with Crippen LogP contribution >= 0.6 is 15.9 Å². The molecule has 0 aliphatic heterocycles. The predicted octanol–water partition coefficient (Wildman–Crippen LogP) is 1.99. The van der Waals surface area contributed by atoms with Crippen molar-refractivity contribution in [2.45, 2.75) is 0 Å². The van der Waals surface area contributed by atoms with Crippen LogP contribution in [0.1, 0.15) is 5.56 Å². The number of allylic oxidation sites excluding steroid dienone is 1. The van der Waals surface area contributed by atoms with Crippen molar-refractivity contribution in [1.82, 2.24) is 10.2 Å². The van der Waals surface area contributed by atoms with Crippen LogP contribution in [-0.2, 0) is 4.79 Å². The van der Waals surface area contributed by atoms with Crippen LogP contribution in [0.15, 0.2) is 63.0 Å². The standard InChI is InChI=1S/C14H11BrN4O3/c15-13-11(8-16-19-14(13)22)18-17-10(6-7-12(20)21)9-4-2-1-3-5-9/h1-8H,(H,20,21)(H2,18,19,22)/b7-6+,17-10-. The number of benzene rings is 1. The Balaban J connectivity index is 2.34. The number of nitrogens with one attached hydrogen (secondary N) is 2. The van der Waals surface area contributed by atoms with Gasteiger partial charge in [-0.1, -0.05) is 30.3 Å². The summed E-state index contributed by atoms with van der Waals surface area (Å²) in [5.74, 6) is -1.08. The third-order valence-electron chi connectivity index (χ3n) is 2.55. The molecule has 8 heteroatoms. The highest BCUT2D eigenvalue weighted by atomic mass is 79.9. The van der Waals surface area contributed by atoms with Crippen molar-refractivity contribution in [1.29, 1.82) is 0 Å². The number of halogens is 1. The average molecular weight is 363 g/mol. The maximum atomic E-state index is 11.4. The third-order valence-corrected chi connectivity index (χ3v) is 3.33. The Bertz CT molecular complexity index is 784. The first kappa shape index (κ1) is 15.6. The van der Waals surface area contributed by atoms with E-state index in [0.717, 1.165) is 11.6 Å². The molecule has 0 saturated heterocycles. The van der Waals surface area contributed by atoms with E-state index >= 15 is 0 Å². The van der Waals surface area contributed by atoms with Crippen molar-refractivity contribution in [3.05, 3.63) is 69.1 Å². The summed E-state index contributed by atoms with van der Waals surface area (Å²) in [7, 11) is 0. The van der Waals surface area contributed by atoms with Crippen LogP contribution in [0.3, 0.4) is 0 Å². The first-order valence-electron chi connectivity index (χ1n) is 6.11. The van der Waals surface area contributed by atoms with Crippen molar-refractivity contribution in [3.63, 3.8) is 0 Å². The normalized spacial score (nSPS) is 11.6. The number of aromatic nitrogens is 2. The first-order chi connectivity index (χ1) is 10.6. The molecule has 112 valence electrons. The molecule has 2 rings (SSSR count). The van der Waals surface area contributed by atoms with Crippen LogP contribution in [-0.4, -0.2) is 27.0 Å². The van der Waals surface area contributed by atoms with E-state index in [1.165, 1.54) is 12.3 Å². The van der Waals surface area contributed by atoms with Gasteiger partial charge in [-0.3, -0.25) is 10.2 Å². The third kappa shape index (κ3) is 4.13. The quantitative estimate of drug-likeness (QED) is 0.428. The number of aromatic amines is 1. The van der Waals surface area contributed by atoms with Gasteiger partial charge < -0.3 is 5.11 Å². The fraction of sp³-hybridized carbons (Fsp3) is 0. The van der Waals surface area contributed by atoms with Gasteiger partial charge in [0.15, 0.2) is 0 Å². The highest BCUT2D eigenvalue weighted by Gasteiger charge is 2.05. The van der Waals surface area contributed by atoms with E-state index in [1.807, 2.05) is 18.2 Å². The molecule has 22 heavy (non-hydrogen) atoms. The number of H-pyrrole nitrogens is 1. The molecule has 0 radical (unpaired) electrons. The van der Waals surface area contributed by atoms with Crippen LogP contribution in [0.4, 0.5) is 5.69 Å². The van der Waals surface area contributed by atoms with Gasteiger partial charge in [0, 0.05) is 11.6 Å². The zero-order valence-electron chi connectivity index (χ0n) is 11.2. The van der Waals surface area contributed by atoms with Gasteiger partial charge in [0.05, 0.1) is 17.6 Å². The van der Waals surface area contributed by atoms with Crippen LogP contribution in [0.2, 0.25) is 0 Å². The number of hydrogen-bond acceptors (Lipinski definition) is 5. The maximum Gasteiger partial charge on any atom is 0.328 e.